The number of benzene rings is 1. The lowest BCUT2D eigenvalue weighted by Crippen LogP contribution is -2.25. The molecule has 1 aliphatic heterocycles. The molecular weight excluding hydrogens is 260 g/mol. The summed E-state index contributed by atoms with van der Waals surface area (Å²) in [6, 6.07) is 7.09. The smallest absolute Gasteiger partial charge is 0.0540 e. The average Bonchev–Trinajstić information content (AvgIpc) is 3.13. The first-order chi connectivity index (χ1) is 10.3. The van der Waals surface area contributed by atoms with Crippen molar-refractivity contribution < 1.29 is 0 Å². The van der Waals surface area contributed by atoms with Gasteiger partial charge in [0, 0.05) is 43.1 Å². The van der Waals surface area contributed by atoms with Crippen LogP contribution >= 0.6 is 0 Å². The van der Waals surface area contributed by atoms with E-state index in [1.54, 1.807) is 0 Å². The minimum atomic E-state index is 0.444. The number of hydrogen-bond acceptors (Lipinski definition) is 3. The molecule has 2 N–H and O–H groups in total. The number of nitrogens with zero attached hydrogens (tertiary/aromatic N) is 2. The fourth-order valence-corrected chi connectivity index (χ4v) is 3.71. The van der Waals surface area contributed by atoms with Crippen LogP contribution < -0.4 is 10.6 Å². The van der Waals surface area contributed by atoms with Crippen molar-refractivity contribution in [2.24, 2.45) is 7.05 Å². The van der Waals surface area contributed by atoms with E-state index >= 15 is 0 Å². The maximum absolute atomic E-state index is 4.43. The Hall–Kier alpha value is -1.81. The summed E-state index contributed by atoms with van der Waals surface area (Å²) < 4.78 is 2.03. The third kappa shape index (κ3) is 2.23. The van der Waals surface area contributed by atoms with Crippen molar-refractivity contribution in [1.82, 2.24) is 15.1 Å². The molecule has 0 radical (unpaired) electrons. The van der Waals surface area contributed by atoms with Gasteiger partial charge in [-0.05, 0) is 36.8 Å². The van der Waals surface area contributed by atoms with Crippen LogP contribution in [0.4, 0.5) is 5.69 Å². The number of rotatable bonds is 3. The Morgan fingerprint density at radius 2 is 2.33 bits per heavy atom. The van der Waals surface area contributed by atoms with Gasteiger partial charge in [-0.2, -0.15) is 5.10 Å². The van der Waals surface area contributed by atoms with Gasteiger partial charge in [-0.3, -0.25) is 4.68 Å². The van der Waals surface area contributed by atoms with Crippen LogP contribution in [0.15, 0.2) is 24.4 Å². The first-order valence-electron chi connectivity index (χ1n) is 7.92. The van der Waals surface area contributed by atoms with Gasteiger partial charge in [0.05, 0.1) is 6.20 Å². The predicted octanol–water partition coefficient (Wildman–Crippen LogP) is 2.56. The summed E-state index contributed by atoms with van der Waals surface area (Å²) in [7, 11) is 2.05. The molecule has 4 rings (SSSR count). The Bertz CT molecular complexity index is 659. The van der Waals surface area contributed by atoms with Crippen LogP contribution in [0.25, 0.3) is 0 Å². The minimum Gasteiger partial charge on any atom is -0.384 e. The fraction of sp³-hybridized carbons (Fsp3) is 0.471. The molecule has 0 amide bonds. The lowest BCUT2D eigenvalue weighted by Gasteiger charge is -2.24. The molecule has 1 unspecified atom stereocenters. The first-order valence-corrected chi connectivity index (χ1v) is 7.92. The summed E-state index contributed by atoms with van der Waals surface area (Å²) in [6.07, 6.45) is 6.81. The van der Waals surface area contributed by atoms with Crippen molar-refractivity contribution in [3.63, 3.8) is 0 Å². The summed E-state index contributed by atoms with van der Waals surface area (Å²) in [6.45, 7) is 2.00. The molecule has 0 bridgehead atoms. The van der Waals surface area contributed by atoms with Gasteiger partial charge in [0.25, 0.3) is 0 Å². The van der Waals surface area contributed by atoms with E-state index in [-0.39, 0.29) is 0 Å². The zero-order valence-electron chi connectivity index (χ0n) is 12.5. The van der Waals surface area contributed by atoms with Crippen molar-refractivity contribution in [3.05, 3.63) is 46.8 Å². The van der Waals surface area contributed by atoms with Crippen LogP contribution in [0, 0.1) is 0 Å². The van der Waals surface area contributed by atoms with Gasteiger partial charge in [0.1, 0.15) is 0 Å². The second kappa shape index (κ2) is 5.19. The lowest BCUT2D eigenvalue weighted by molar-refractivity contribution is 0.452. The highest BCUT2D eigenvalue weighted by molar-refractivity contribution is 5.61. The van der Waals surface area contributed by atoms with E-state index in [0.717, 1.165) is 25.9 Å². The van der Waals surface area contributed by atoms with Gasteiger partial charge in [-0.15, -0.1) is 0 Å². The minimum absolute atomic E-state index is 0.444. The zero-order chi connectivity index (χ0) is 14.2. The lowest BCUT2D eigenvalue weighted by atomic mass is 9.92. The number of fused-ring (bicyclic) bond motifs is 2. The van der Waals surface area contributed by atoms with Gasteiger partial charge >= 0.3 is 0 Å². The largest absolute Gasteiger partial charge is 0.384 e. The summed E-state index contributed by atoms with van der Waals surface area (Å²) in [5.41, 5.74) is 6.99. The summed E-state index contributed by atoms with van der Waals surface area (Å²) in [5, 5.41) is 11.7. The van der Waals surface area contributed by atoms with E-state index < -0.39 is 0 Å². The average molecular weight is 282 g/mol. The molecule has 1 aliphatic carbocycles. The zero-order valence-corrected chi connectivity index (χ0v) is 12.5. The quantitative estimate of drug-likeness (QED) is 0.909. The summed E-state index contributed by atoms with van der Waals surface area (Å²) >= 11 is 0. The topological polar surface area (TPSA) is 41.9 Å². The monoisotopic (exact) mass is 282 g/mol. The molecule has 0 fully saturated rings. The van der Waals surface area contributed by atoms with Crippen LogP contribution in [0.5, 0.6) is 0 Å². The van der Waals surface area contributed by atoms with Gasteiger partial charge in [0.2, 0.25) is 0 Å². The molecule has 1 aromatic carbocycles. The fourth-order valence-electron chi connectivity index (χ4n) is 3.71. The molecule has 4 nitrogen and oxygen atoms in total. The first kappa shape index (κ1) is 12.9. The number of nitrogens with one attached hydrogen (secondary N) is 2. The Labute approximate surface area is 125 Å². The predicted molar refractivity (Wildman–Crippen MR) is 84.4 cm³/mol. The van der Waals surface area contributed by atoms with Crippen LogP contribution in [-0.2, 0) is 26.4 Å². The Balaban J connectivity index is 1.52. The van der Waals surface area contributed by atoms with Gasteiger partial charge < -0.3 is 10.6 Å². The third-order valence-corrected chi connectivity index (χ3v) is 4.85. The van der Waals surface area contributed by atoms with Crippen molar-refractivity contribution in [2.75, 3.05) is 11.9 Å². The molecule has 21 heavy (non-hydrogen) atoms. The van der Waals surface area contributed by atoms with Gasteiger partial charge in [-0.25, -0.2) is 0 Å². The molecule has 2 heterocycles. The van der Waals surface area contributed by atoms with E-state index in [9.17, 15) is 0 Å². The van der Waals surface area contributed by atoms with Crippen LogP contribution in [-0.4, -0.2) is 16.3 Å². The van der Waals surface area contributed by atoms with Crippen LogP contribution in [0.2, 0.25) is 0 Å². The molecule has 0 saturated heterocycles. The Morgan fingerprint density at radius 3 is 3.29 bits per heavy atom. The van der Waals surface area contributed by atoms with Crippen molar-refractivity contribution in [1.29, 1.82) is 0 Å². The van der Waals surface area contributed by atoms with Crippen LogP contribution in [0.3, 0.4) is 0 Å². The molecule has 0 saturated carbocycles. The number of anilines is 1. The number of aromatic nitrogens is 2. The maximum atomic E-state index is 4.43. The van der Waals surface area contributed by atoms with Gasteiger partial charge in [0.15, 0.2) is 0 Å². The summed E-state index contributed by atoms with van der Waals surface area (Å²) in [4.78, 5) is 0. The second-order valence-electron chi connectivity index (χ2n) is 6.12. The molecule has 4 heteroatoms. The number of para-hydroxylation sites is 1. The standard InChI is InChI=1S/C17H22N4/c1-21-16-7-3-6-15(14(16)11-20-21)19-10-13-5-2-4-12-8-9-18-17(12)13/h2,4-5,11,15,18-19H,3,6-10H2,1H3. The maximum Gasteiger partial charge on any atom is 0.0540 e. The molecule has 110 valence electrons. The SMILES string of the molecule is Cn1ncc2c1CCCC2NCc1cccc2c1NCC2. The summed E-state index contributed by atoms with van der Waals surface area (Å²) in [5.74, 6) is 0. The Kier molecular flexibility index (Phi) is 3.19. The van der Waals surface area contributed by atoms with Gasteiger partial charge in [-0.1, -0.05) is 18.2 Å². The highest BCUT2D eigenvalue weighted by Crippen LogP contribution is 2.31. The van der Waals surface area contributed by atoms with Crippen molar-refractivity contribution >= 4 is 5.69 Å². The molecule has 0 spiro atoms. The van der Waals surface area contributed by atoms with E-state index in [1.165, 1.54) is 40.9 Å². The molecule has 2 aromatic rings. The van der Waals surface area contributed by atoms with E-state index in [0.29, 0.717) is 6.04 Å². The molecular formula is C17H22N4. The second-order valence-corrected chi connectivity index (χ2v) is 6.12. The number of aryl methyl sites for hydroxylation is 1. The van der Waals surface area contributed by atoms with E-state index in [2.05, 4.69) is 41.0 Å². The molecule has 1 atom stereocenters. The Morgan fingerprint density at radius 1 is 1.38 bits per heavy atom. The van der Waals surface area contributed by atoms with Crippen molar-refractivity contribution in [3.8, 4) is 0 Å². The molecule has 2 aliphatic rings. The van der Waals surface area contributed by atoms with E-state index in [4.69, 9.17) is 0 Å². The molecule has 1 aromatic heterocycles. The van der Waals surface area contributed by atoms with Crippen molar-refractivity contribution in [2.45, 2.75) is 38.3 Å². The third-order valence-electron chi connectivity index (χ3n) is 4.85. The highest BCUT2D eigenvalue weighted by Gasteiger charge is 2.23. The van der Waals surface area contributed by atoms with Crippen LogP contribution in [0.1, 0.15) is 41.3 Å². The number of hydrogen-bond donors (Lipinski definition) is 2. The normalized spacial score (nSPS) is 20.0. The highest BCUT2D eigenvalue weighted by atomic mass is 15.3. The van der Waals surface area contributed by atoms with E-state index in [1.807, 2.05) is 10.9 Å².